The molecule has 7 nitrogen and oxygen atoms in total. The van der Waals surface area contributed by atoms with Gasteiger partial charge in [-0.3, -0.25) is 9.59 Å². The number of carbonyl (C=O) groups excluding carboxylic acids is 2. The van der Waals surface area contributed by atoms with Crippen molar-refractivity contribution in [3.63, 3.8) is 0 Å². The van der Waals surface area contributed by atoms with E-state index in [0.29, 0.717) is 18.7 Å². The summed E-state index contributed by atoms with van der Waals surface area (Å²) in [6, 6.07) is 7.38. The Morgan fingerprint density at radius 1 is 1.31 bits per heavy atom. The first-order valence-corrected chi connectivity index (χ1v) is 10.1. The smallest absolute Gasteiger partial charge is 0.252 e. The van der Waals surface area contributed by atoms with Gasteiger partial charge in [-0.05, 0) is 49.4 Å². The first-order chi connectivity index (χ1) is 13.9. The first kappa shape index (κ1) is 20.7. The molecule has 0 saturated carbocycles. The van der Waals surface area contributed by atoms with Crippen LogP contribution in [0.3, 0.4) is 0 Å². The molecule has 29 heavy (non-hydrogen) atoms. The Balaban J connectivity index is 1.59. The minimum Gasteiger partial charge on any atom is -0.342 e. The Bertz CT molecular complexity index is 987. The van der Waals surface area contributed by atoms with E-state index in [1.807, 2.05) is 17.5 Å². The quantitative estimate of drug-likeness (QED) is 0.590. The molecule has 1 unspecified atom stereocenters. The summed E-state index contributed by atoms with van der Waals surface area (Å²) in [6.07, 6.45) is 3.37. The van der Waals surface area contributed by atoms with Gasteiger partial charge in [0.1, 0.15) is 12.1 Å². The molecule has 0 aliphatic rings. The molecule has 2 aromatic heterocycles. The lowest BCUT2D eigenvalue weighted by molar-refractivity contribution is -0.116. The average molecular weight is 415 g/mol. The normalized spacial score (nSPS) is 11.8. The monoisotopic (exact) mass is 415 g/mol. The van der Waals surface area contributed by atoms with Crippen LogP contribution < -0.4 is 10.6 Å². The number of hydrogen-bond donors (Lipinski definition) is 2. The third-order valence-corrected chi connectivity index (χ3v) is 5.27. The maximum absolute atomic E-state index is 14.0. The molecule has 0 saturated heterocycles. The molecule has 0 aliphatic carbocycles. The van der Waals surface area contributed by atoms with Crippen LogP contribution in [0.4, 0.5) is 10.1 Å². The highest BCUT2D eigenvalue weighted by atomic mass is 32.1. The maximum atomic E-state index is 14.0. The van der Waals surface area contributed by atoms with Crippen molar-refractivity contribution in [2.75, 3.05) is 5.32 Å². The fourth-order valence-electron chi connectivity index (χ4n) is 2.92. The Kier molecular flexibility index (Phi) is 6.71. The van der Waals surface area contributed by atoms with Gasteiger partial charge < -0.3 is 15.2 Å². The number of nitrogens with zero attached hydrogens (tertiary/aromatic N) is 3. The van der Waals surface area contributed by atoms with E-state index in [4.69, 9.17) is 0 Å². The minimum atomic E-state index is -0.599. The molecule has 2 N–H and O–H groups in total. The molecule has 0 radical (unpaired) electrons. The lowest BCUT2D eigenvalue weighted by Gasteiger charge is -2.14. The highest BCUT2D eigenvalue weighted by Crippen LogP contribution is 2.17. The second-order valence-electron chi connectivity index (χ2n) is 6.70. The zero-order valence-corrected chi connectivity index (χ0v) is 17.0. The molecule has 0 spiro atoms. The van der Waals surface area contributed by atoms with E-state index in [1.54, 1.807) is 29.9 Å². The van der Waals surface area contributed by atoms with E-state index in [9.17, 15) is 14.0 Å². The third kappa shape index (κ3) is 5.71. The van der Waals surface area contributed by atoms with E-state index in [0.717, 1.165) is 12.5 Å². The molecule has 0 fully saturated rings. The van der Waals surface area contributed by atoms with Crippen LogP contribution in [0.25, 0.3) is 0 Å². The lowest BCUT2D eigenvalue weighted by atomic mass is 10.1. The Labute approximate surface area is 172 Å². The Morgan fingerprint density at radius 3 is 2.83 bits per heavy atom. The van der Waals surface area contributed by atoms with Gasteiger partial charge in [0.05, 0.1) is 6.04 Å². The van der Waals surface area contributed by atoms with Crippen molar-refractivity contribution in [3.05, 3.63) is 64.1 Å². The molecule has 2 amide bonds. The summed E-state index contributed by atoms with van der Waals surface area (Å²) in [7, 11) is 1.77. The van der Waals surface area contributed by atoms with E-state index < -0.39 is 17.8 Å². The lowest BCUT2D eigenvalue weighted by Crippen LogP contribution is -2.28. The van der Waals surface area contributed by atoms with Gasteiger partial charge in [-0.25, -0.2) is 4.39 Å². The number of anilines is 1. The minimum absolute atomic E-state index is 0.118. The van der Waals surface area contributed by atoms with Gasteiger partial charge >= 0.3 is 0 Å². The van der Waals surface area contributed by atoms with Crippen molar-refractivity contribution in [2.45, 2.75) is 32.2 Å². The summed E-state index contributed by atoms with van der Waals surface area (Å²) >= 11 is 1.65. The molecular formula is C20H22FN5O2S. The van der Waals surface area contributed by atoms with Crippen LogP contribution in [0.5, 0.6) is 0 Å². The first-order valence-electron chi connectivity index (χ1n) is 9.20. The SMILES string of the molecule is CC(NC(=O)c1cc(F)cc(NC(=O)CCCc2cccs2)c1)c1nncn1C. The molecule has 1 aromatic carbocycles. The zero-order chi connectivity index (χ0) is 20.8. The van der Waals surface area contributed by atoms with E-state index >= 15 is 0 Å². The predicted molar refractivity (Wildman–Crippen MR) is 109 cm³/mol. The molecule has 0 aliphatic heterocycles. The summed E-state index contributed by atoms with van der Waals surface area (Å²) < 4.78 is 15.7. The second-order valence-corrected chi connectivity index (χ2v) is 7.74. The van der Waals surface area contributed by atoms with E-state index in [1.165, 1.54) is 23.3 Å². The number of nitrogens with one attached hydrogen (secondary N) is 2. The van der Waals surface area contributed by atoms with Gasteiger partial charge in [0.2, 0.25) is 5.91 Å². The number of amides is 2. The summed E-state index contributed by atoms with van der Waals surface area (Å²) in [5, 5.41) is 15.2. The molecule has 2 heterocycles. The van der Waals surface area contributed by atoms with E-state index in [-0.39, 0.29) is 17.2 Å². The van der Waals surface area contributed by atoms with Crippen molar-refractivity contribution in [2.24, 2.45) is 7.05 Å². The Hall–Kier alpha value is -3.07. The third-order valence-electron chi connectivity index (χ3n) is 4.33. The number of halogens is 1. The van der Waals surface area contributed by atoms with Crippen molar-refractivity contribution in [1.82, 2.24) is 20.1 Å². The van der Waals surface area contributed by atoms with Crippen molar-refractivity contribution in [3.8, 4) is 0 Å². The summed E-state index contributed by atoms with van der Waals surface area (Å²) in [5.41, 5.74) is 0.371. The topological polar surface area (TPSA) is 88.9 Å². The predicted octanol–water partition coefficient (Wildman–Crippen LogP) is 3.47. The summed E-state index contributed by atoms with van der Waals surface area (Å²) in [6.45, 7) is 1.76. The van der Waals surface area contributed by atoms with Crippen molar-refractivity contribution < 1.29 is 14.0 Å². The van der Waals surface area contributed by atoms with Crippen LogP contribution >= 0.6 is 11.3 Å². The highest BCUT2D eigenvalue weighted by Gasteiger charge is 2.17. The summed E-state index contributed by atoms with van der Waals surface area (Å²) in [5.74, 6) is -0.703. The molecule has 3 aromatic rings. The fraction of sp³-hybridized carbons (Fsp3) is 0.300. The number of rotatable bonds is 8. The maximum Gasteiger partial charge on any atom is 0.252 e. The van der Waals surface area contributed by atoms with Crippen LogP contribution in [0.2, 0.25) is 0 Å². The van der Waals surface area contributed by atoms with Gasteiger partial charge in [-0.2, -0.15) is 0 Å². The van der Waals surface area contributed by atoms with Crippen LogP contribution in [0.1, 0.15) is 46.9 Å². The molecule has 9 heteroatoms. The van der Waals surface area contributed by atoms with Crippen molar-refractivity contribution >= 4 is 28.8 Å². The fourth-order valence-corrected chi connectivity index (χ4v) is 3.67. The number of benzene rings is 1. The van der Waals surface area contributed by atoms with Crippen LogP contribution in [-0.4, -0.2) is 26.6 Å². The second kappa shape index (κ2) is 9.42. The van der Waals surface area contributed by atoms with Gasteiger partial charge in [-0.15, -0.1) is 21.5 Å². The summed E-state index contributed by atoms with van der Waals surface area (Å²) in [4.78, 5) is 25.9. The standard InChI is InChI=1S/C20H22FN5O2S/c1-13(19-25-22-12-26(19)2)23-20(28)14-9-15(21)11-16(10-14)24-18(27)7-3-5-17-6-4-8-29-17/h4,6,8-13H,3,5,7H2,1-2H3,(H,23,28)(H,24,27). The molecule has 1 atom stereocenters. The van der Waals surface area contributed by atoms with Gasteiger partial charge in [0.25, 0.3) is 5.91 Å². The largest absolute Gasteiger partial charge is 0.342 e. The number of thiophene rings is 1. The molecule has 3 rings (SSSR count). The van der Waals surface area contributed by atoms with Crippen LogP contribution in [0.15, 0.2) is 42.0 Å². The van der Waals surface area contributed by atoms with Crippen LogP contribution in [0, 0.1) is 5.82 Å². The number of hydrogen-bond acceptors (Lipinski definition) is 5. The van der Waals surface area contributed by atoms with Crippen molar-refractivity contribution in [1.29, 1.82) is 0 Å². The molecular weight excluding hydrogens is 393 g/mol. The molecule has 0 bridgehead atoms. The van der Waals surface area contributed by atoms with Gasteiger partial charge in [-0.1, -0.05) is 6.07 Å². The molecule has 152 valence electrons. The highest BCUT2D eigenvalue weighted by molar-refractivity contribution is 7.09. The van der Waals surface area contributed by atoms with Gasteiger partial charge in [0, 0.05) is 29.6 Å². The van der Waals surface area contributed by atoms with E-state index in [2.05, 4.69) is 20.8 Å². The number of carbonyl (C=O) groups is 2. The average Bonchev–Trinajstić information content (AvgIpc) is 3.32. The Morgan fingerprint density at radius 2 is 2.14 bits per heavy atom. The van der Waals surface area contributed by atoms with Crippen LogP contribution in [-0.2, 0) is 18.3 Å². The number of aromatic nitrogens is 3. The zero-order valence-electron chi connectivity index (χ0n) is 16.2. The van der Waals surface area contributed by atoms with Gasteiger partial charge in [0.15, 0.2) is 5.82 Å². The number of aryl methyl sites for hydroxylation is 2.